The van der Waals surface area contributed by atoms with E-state index in [4.69, 9.17) is 0 Å². The second-order valence-electron chi connectivity index (χ2n) is 3.22. The molecule has 15 heavy (non-hydrogen) atoms. The Morgan fingerprint density at radius 2 is 2.13 bits per heavy atom. The van der Waals surface area contributed by atoms with E-state index in [-0.39, 0.29) is 0 Å². The first-order valence-corrected chi connectivity index (χ1v) is 6.53. The fraction of sp³-hybridized carbons (Fsp3) is 0.400. The van der Waals surface area contributed by atoms with E-state index in [9.17, 15) is 0 Å². The molecule has 0 saturated carbocycles. The van der Waals surface area contributed by atoms with Crippen molar-refractivity contribution in [3.05, 3.63) is 26.9 Å². The van der Waals surface area contributed by atoms with Gasteiger partial charge in [-0.2, -0.15) is 0 Å². The number of aryl methyl sites for hydroxylation is 2. The van der Waals surface area contributed by atoms with Crippen LogP contribution in [-0.2, 0) is 13.0 Å². The molecule has 0 aliphatic heterocycles. The van der Waals surface area contributed by atoms with Gasteiger partial charge in [0.15, 0.2) is 0 Å². The Morgan fingerprint density at radius 1 is 1.27 bits per heavy atom. The molecule has 0 aliphatic carbocycles. The van der Waals surface area contributed by atoms with Crippen LogP contribution in [0.15, 0.2) is 12.1 Å². The summed E-state index contributed by atoms with van der Waals surface area (Å²) < 4.78 is 0. The lowest BCUT2D eigenvalue weighted by Crippen LogP contribution is -1.96. The second kappa shape index (κ2) is 4.72. The zero-order valence-corrected chi connectivity index (χ0v) is 10.4. The highest BCUT2D eigenvalue weighted by Gasteiger charge is 2.02. The predicted molar refractivity (Wildman–Crippen MR) is 65.7 cm³/mol. The lowest BCUT2D eigenvalue weighted by Gasteiger charge is -1.97. The fourth-order valence-electron chi connectivity index (χ4n) is 1.21. The molecule has 0 bridgehead atoms. The third-order valence-corrected chi connectivity index (χ3v) is 4.01. The fourth-order valence-corrected chi connectivity index (χ4v) is 2.72. The average Bonchev–Trinajstić information content (AvgIpc) is 2.83. The summed E-state index contributed by atoms with van der Waals surface area (Å²) in [6.07, 6.45) is 0.956. The molecule has 0 aliphatic rings. The molecule has 0 fully saturated rings. The van der Waals surface area contributed by atoms with Crippen molar-refractivity contribution in [3.63, 3.8) is 0 Å². The Bertz CT molecular complexity index is 433. The minimum atomic E-state index is 0.844. The zero-order valence-electron chi connectivity index (χ0n) is 8.78. The molecular weight excluding hydrogens is 226 g/mol. The van der Waals surface area contributed by atoms with Gasteiger partial charge in [0, 0.05) is 9.75 Å². The van der Waals surface area contributed by atoms with E-state index in [0.717, 1.165) is 23.1 Å². The van der Waals surface area contributed by atoms with E-state index >= 15 is 0 Å². The Kier molecular flexibility index (Phi) is 3.33. The first kappa shape index (κ1) is 10.6. The number of hydrogen-bond donors (Lipinski definition) is 1. The van der Waals surface area contributed by atoms with E-state index < -0.39 is 0 Å². The van der Waals surface area contributed by atoms with E-state index in [1.165, 1.54) is 9.75 Å². The highest BCUT2D eigenvalue weighted by Crippen LogP contribution is 2.19. The number of hydrogen-bond acceptors (Lipinski definition) is 5. The Labute approximate surface area is 97.2 Å². The standard InChI is InChI=1S/C10H13N3S2/c1-3-9-12-13-10(15-9)11-6-8-5-4-7(2)14-8/h4-5H,3,6H2,1-2H3,(H,11,13). The molecule has 0 aromatic carbocycles. The first-order chi connectivity index (χ1) is 7.28. The molecule has 0 amide bonds. The van der Waals surface area contributed by atoms with Crippen LogP contribution in [0.5, 0.6) is 0 Å². The van der Waals surface area contributed by atoms with Crippen molar-refractivity contribution in [2.75, 3.05) is 5.32 Å². The van der Waals surface area contributed by atoms with Gasteiger partial charge in [0.2, 0.25) is 5.13 Å². The van der Waals surface area contributed by atoms with Crippen LogP contribution in [0.3, 0.4) is 0 Å². The average molecular weight is 239 g/mol. The van der Waals surface area contributed by atoms with Gasteiger partial charge in [-0.15, -0.1) is 21.5 Å². The molecule has 2 aromatic rings. The molecule has 80 valence electrons. The molecule has 0 spiro atoms. The topological polar surface area (TPSA) is 37.8 Å². The van der Waals surface area contributed by atoms with E-state index in [1.807, 2.05) is 11.3 Å². The number of rotatable bonds is 4. The number of thiophene rings is 1. The lowest BCUT2D eigenvalue weighted by atomic mass is 10.4. The van der Waals surface area contributed by atoms with Crippen molar-refractivity contribution >= 4 is 27.8 Å². The number of nitrogens with zero attached hydrogens (tertiary/aromatic N) is 2. The number of aromatic nitrogens is 2. The van der Waals surface area contributed by atoms with Crippen LogP contribution in [0.4, 0.5) is 5.13 Å². The number of nitrogens with one attached hydrogen (secondary N) is 1. The van der Waals surface area contributed by atoms with Crippen molar-refractivity contribution in [1.29, 1.82) is 0 Å². The van der Waals surface area contributed by atoms with Crippen LogP contribution < -0.4 is 5.32 Å². The van der Waals surface area contributed by atoms with Crippen molar-refractivity contribution in [2.45, 2.75) is 26.8 Å². The van der Waals surface area contributed by atoms with Gasteiger partial charge in [-0.1, -0.05) is 18.3 Å². The SMILES string of the molecule is CCc1nnc(NCc2ccc(C)s2)s1. The Balaban J connectivity index is 1.93. The lowest BCUT2D eigenvalue weighted by molar-refractivity contribution is 0.977. The van der Waals surface area contributed by atoms with Crippen molar-refractivity contribution in [3.8, 4) is 0 Å². The van der Waals surface area contributed by atoms with Gasteiger partial charge < -0.3 is 5.32 Å². The number of anilines is 1. The summed E-state index contributed by atoms with van der Waals surface area (Å²) in [7, 11) is 0. The molecule has 0 atom stereocenters. The summed E-state index contributed by atoms with van der Waals surface area (Å²) in [4.78, 5) is 2.68. The van der Waals surface area contributed by atoms with Gasteiger partial charge in [-0.3, -0.25) is 0 Å². The summed E-state index contributed by atoms with van der Waals surface area (Å²) in [6, 6.07) is 4.29. The monoisotopic (exact) mass is 239 g/mol. The third-order valence-electron chi connectivity index (χ3n) is 1.98. The molecule has 5 heteroatoms. The summed E-state index contributed by atoms with van der Waals surface area (Å²) in [5, 5.41) is 13.4. The molecule has 3 nitrogen and oxygen atoms in total. The van der Waals surface area contributed by atoms with Gasteiger partial charge in [0.1, 0.15) is 5.01 Å². The molecule has 0 saturated heterocycles. The van der Waals surface area contributed by atoms with Gasteiger partial charge in [0.05, 0.1) is 6.54 Å². The van der Waals surface area contributed by atoms with Gasteiger partial charge in [-0.05, 0) is 25.5 Å². The normalized spacial score (nSPS) is 10.5. The van der Waals surface area contributed by atoms with Crippen LogP contribution in [0.25, 0.3) is 0 Å². The van der Waals surface area contributed by atoms with Crippen LogP contribution in [0.2, 0.25) is 0 Å². The quantitative estimate of drug-likeness (QED) is 0.891. The van der Waals surface area contributed by atoms with E-state index in [0.29, 0.717) is 0 Å². The van der Waals surface area contributed by atoms with E-state index in [1.54, 1.807) is 11.3 Å². The molecule has 2 aromatic heterocycles. The van der Waals surface area contributed by atoms with Crippen molar-refractivity contribution in [1.82, 2.24) is 10.2 Å². The molecule has 2 rings (SSSR count). The first-order valence-electron chi connectivity index (χ1n) is 4.89. The predicted octanol–water partition coefficient (Wildman–Crippen LogP) is 3.08. The largest absolute Gasteiger partial charge is 0.355 e. The summed E-state index contributed by atoms with van der Waals surface area (Å²) in [5.74, 6) is 0. The minimum Gasteiger partial charge on any atom is -0.355 e. The minimum absolute atomic E-state index is 0.844. The van der Waals surface area contributed by atoms with Crippen LogP contribution >= 0.6 is 22.7 Å². The van der Waals surface area contributed by atoms with Gasteiger partial charge >= 0.3 is 0 Å². The second-order valence-corrected chi connectivity index (χ2v) is 5.65. The molecule has 2 heterocycles. The highest BCUT2D eigenvalue weighted by molar-refractivity contribution is 7.15. The summed E-state index contributed by atoms with van der Waals surface area (Å²) in [5.41, 5.74) is 0. The maximum Gasteiger partial charge on any atom is 0.205 e. The zero-order chi connectivity index (χ0) is 10.7. The van der Waals surface area contributed by atoms with Gasteiger partial charge in [0.25, 0.3) is 0 Å². The van der Waals surface area contributed by atoms with Gasteiger partial charge in [-0.25, -0.2) is 0 Å². The van der Waals surface area contributed by atoms with Crippen LogP contribution in [0.1, 0.15) is 21.7 Å². The highest BCUT2D eigenvalue weighted by atomic mass is 32.1. The van der Waals surface area contributed by atoms with Crippen molar-refractivity contribution < 1.29 is 0 Å². The summed E-state index contributed by atoms with van der Waals surface area (Å²) in [6.45, 7) is 5.05. The van der Waals surface area contributed by atoms with Crippen molar-refractivity contribution in [2.24, 2.45) is 0 Å². The summed E-state index contributed by atoms with van der Waals surface area (Å²) >= 11 is 3.44. The smallest absolute Gasteiger partial charge is 0.205 e. The third kappa shape index (κ3) is 2.76. The Morgan fingerprint density at radius 3 is 2.73 bits per heavy atom. The van der Waals surface area contributed by atoms with Crippen LogP contribution in [-0.4, -0.2) is 10.2 Å². The molecule has 1 N–H and O–H groups in total. The maximum atomic E-state index is 4.07. The van der Waals surface area contributed by atoms with E-state index in [2.05, 4.69) is 41.5 Å². The molecule has 0 unspecified atom stereocenters. The maximum absolute atomic E-state index is 4.07. The molecular formula is C10H13N3S2. The van der Waals surface area contributed by atoms with Crippen LogP contribution in [0, 0.1) is 6.92 Å². The Hall–Kier alpha value is -0.940. The molecule has 0 radical (unpaired) electrons.